The molecule has 94 valence electrons. The van der Waals surface area contributed by atoms with Crippen molar-refractivity contribution in [2.24, 2.45) is 5.73 Å². The fourth-order valence-corrected chi connectivity index (χ4v) is 1.78. The number of furan rings is 1. The summed E-state index contributed by atoms with van der Waals surface area (Å²) in [6.07, 6.45) is 1.57. The van der Waals surface area contributed by atoms with E-state index in [0.29, 0.717) is 23.5 Å². The summed E-state index contributed by atoms with van der Waals surface area (Å²) in [7, 11) is 0. The predicted octanol–water partition coefficient (Wildman–Crippen LogP) is 2.77. The summed E-state index contributed by atoms with van der Waals surface area (Å²) in [6, 6.07) is 7.84. The van der Waals surface area contributed by atoms with Crippen LogP contribution in [0.5, 0.6) is 0 Å². The van der Waals surface area contributed by atoms with E-state index in [0.717, 1.165) is 0 Å². The number of halogens is 1. The van der Waals surface area contributed by atoms with Crippen LogP contribution in [0.3, 0.4) is 0 Å². The van der Waals surface area contributed by atoms with Crippen molar-refractivity contribution < 1.29 is 13.5 Å². The number of thiocarbonyl (C=S) groups is 1. The SMILES string of the molecule is NC(=S)c1ccc(F)cc1COCc1ccco1. The first-order chi connectivity index (χ1) is 8.66. The van der Waals surface area contributed by atoms with Gasteiger partial charge in [0, 0.05) is 5.56 Å². The summed E-state index contributed by atoms with van der Waals surface area (Å²) in [4.78, 5) is 0.228. The molecule has 0 aliphatic carbocycles. The van der Waals surface area contributed by atoms with E-state index in [1.54, 1.807) is 24.5 Å². The molecule has 0 bridgehead atoms. The summed E-state index contributed by atoms with van der Waals surface area (Å²) >= 11 is 4.90. The van der Waals surface area contributed by atoms with Gasteiger partial charge in [-0.25, -0.2) is 4.39 Å². The summed E-state index contributed by atoms with van der Waals surface area (Å²) in [5.74, 6) is 0.370. The molecule has 2 N–H and O–H groups in total. The zero-order valence-corrected chi connectivity index (χ0v) is 10.4. The molecule has 2 rings (SSSR count). The largest absolute Gasteiger partial charge is 0.467 e. The zero-order chi connectivity index (χ0) is 13.0. The maximum absolute atomic E-state index is 13.2. The van der Waals surface area contributed by atoms with Crippen LogP contribution in [0, 0.1) is 5.82 Å². The molecule has 2 aromatic rings. The van der Waals surface area contributed by atoms with Gasteiger partial charge in [-0.3, -0.25) is 0 Å². The highest BCUT2D eigenvalue weighted by molar-refractivity contribution is 7.80. The number of hydrogen-bond acceptors (Lipinski definition) is 3. The Morgan fingerprint density at radius 2 is 2.17 bits per heavy atom. The Balaban J connectivity index is 2.03. The van der Waals surface area contributed by atoms with Gasteiger partial charge in [-0.2, -0.15) is 0 Å². The lowest BCUT2D eigenvalue weighted by Gasteiger charge is -2.08. The maximum atomic E-state index is 13.2. The van der Waals surface area contributed by atoms with Crippen molar-refractivity contribution in [3.8, 4) is 0 Å². The van der Waals surface area contributed by atoms with Crippen molar-refractivity contribution in [1.82, 2.24) is 0 Å². The van der Waals surface area contributed by atoms with E-state index in [1.165, 1.54) is 12.1 Å². The first kappa shape index (κ1) is 12.7. The van der Waals surface area contributed by atoms with Gasteiger partial charge < -0.3 is 14.9 Å². The van der Waals surface area contributed by atoms with Gasteiger partial charge in [-0.1, -0.05) is 12.2 Å². The van der Waals surface area contributed by atoms with Crippen molar-refractivity contribution in [2.75, 3.05) is 0 Å². The Labute approximate surface area is 109 Å². The number of benzene rings is 1. The van der Waals surface area contributed by atoms with Gasteiger partial charge in [0.15, 0.2) is 0 Å². The summed E-state index contributed by atoms with van der Waals surface area (Å²) in [5.41, 5.74) is 6.83. The highest BCUT2D eigenvalue weighted by Gasteiger charge is 2.07. The van der Waals surface area contributed by atoms with Gasteiger partial charge in [0.2, 0.25) is 0 Å². The fraction of sp³-hybridized carbons (Fsp3) is 0.154. The molecule has 3 nitrogen and oxygen atoms in total. The minimum Gasteiger partial charge on any atom is -0.467 e. The number of nitrogens with two attached hydrogens (primary N) is 1. The molecule has 18 heavy (non-hydrogen) atoms. The van der Waals surface area contributed by atoms with E-state index < -0.39 is 0 Å². The second-order valence-electron chi connectivity index (χ2n) is 3.74. The predicted molar refractivity (Wildman–Crippen MR) is 69.5 cm³/mol. The third-order valence-electron chi connectivity index (χ3n) is 2.41. The summed E-state index contributed by atoms with van der Waals surface area (Å²) in [5, 5.41) is 0. The number of hydrogen-bond donors (Lipinski definition) is 1. The Morgan fingerprint density at radius 3 is 2.83 bits per heavy atom. The molecule has 0 atom stereocenters. The van der Waals surface area contributed by atoms with Crippen LogP contribution in [0.15, 0.2) is 41.0 Å². The van der Waals surface area contributed by atoms with Crippen LogP contribution in [-0.2, 0) is 18.0 Å². The molecule has 1 aromatic carbocycles. The monoisotopic (exact) mass is 265 g/mol. The second kappa shape index (κ2) is 5.75. The first-order valence-corrected chi connectivity index (χ1v) is 5.76. The second-order valence-corrected chi connectivity index (χ2v) is 4.18. The molecule has 0 saturated heterocycles. The minimum atomic E-state index is -0.341. The minimum absolute atomic E-state index is 0.227. The highest BCUT2D eigenvalue weighted by Crippen LogP contribution is 2.14. The average molecular weight is 265 g/mol. The number of ether oxygens (including phenoxy) is 1. The van der Waals surface area contributed by atoms with E-state index in [9.17, 15) is 4.39 Å². The van der Waals surface area contributed by atoms with Crippen molar-refractivity contribution in [3.63, 3.8) is 0 Å². The van der Waals surface area contributed by atoms with Crippen molar-refractivity contribution in [1.29, 1.82) is 0 Å². The smallest absolute Gasteiger partial charge is 0.129 e. The van der Waals surface area contributed by atoms with Gasteiger partial charge in [0.25, 0.3) is 0 Å². The molecule has 0 saturated carbocycles. The van der Waals surface area contributed by atoms with Gasteiger partial charge >= 0.3 is 0 Å². The quantitative estimate of drug-likeness (QED) is 0.844. The molecule has 0 radical (unpaired) electrons. The van der Waals surface area contributed by atoms with E-state index in [4.69, 9.17) is 27.1 Å². The molecule has 0 fully saturated rings. The summed E-state index contributed by atoms with van der Waals surface area (Å²) in [6.45, 7) is 0.547. The van der Waals surface area contributed by atoms with E-state index in [2.05, 4.69) is 0 Å². The molecule has 0 unspecified atom stereocenters. The Kier molecular flexibility index (Phi) is 4.07. The number of rotatable bonds is 5. The molecule has 5 heteroatoms. The maximum Gasteiger partial charge on any atom is 0.129 e. The molecule has 1 heterocycles. The van der Waals surface area contributed by atoms with Crippen molar-refractivity contribution >= 4 is 17.2 Å². The molecule has 1 aromatic heterocycles. The first-order valence-electron chi connectivity index (χ1n) is 5.35. The van der Waals surface area contributed by atoms with Crippen molar-refractivity contribution in [2.45, 2.75) is 13.2 Å². The molecular weight excluding hydrogens is 253 g/mol. The standard InChI is InChI=1S/C13H12FNO2S/c14-10-3-4-12(13(15)18)9(6-10)7-16-8-11-2-1-5-17-11/h1-6H,7-8H2,(H2,15,18). The Hall–Kier alpha value is -1.72. The normalized spacial score (nSPS) is 10.5. The van der Waals surface area contributed by atoms with Crippen LogP contribution >= 0.6 is 12.2 Å². The van der Waals surface area contributed by atoms with Crippen LogP contribution < -0.4 is 5.73 Å². The Bertz CT molecular complexity index is 540. The molecule has 0 aliphatic heterocycles. The zero-order valence-electron chi connectivity index (χ0n) is 9.56. The lowest BCUT2D eigenvalue weighted by atomic mass is 10.1. The van der Waals surface area contributed by atoms with E-state index >= 15 is 0 Å². The van der Waals surface area contributed by atoms with Crippen LogP contribution in [0.25, 0.3) is 0 Å². The van der Waals surface area contributed by atoms with Gasteiger partial charge in [-0.05, 0) is 35.9 Å². The lowest BCUT2D eigenvalue weighted by Crippen LogP contribution is -2.13. The summed E-state index contributed by atoms with van der Waals surface area (Å²) < 4.78 is 23.7. The lowest BCUT2D eigenvalue weighted by molar-refractivity contribution is 0.0927. The molecule has 0 aliphatic rings. The van der Waals surface area contributed by atoms with Gasteiger partial charge in [0.1, 0.15) is 23.2 Å². The Morgan fingerprint density at radius 1 is 1.33 bits per heavy atom. The average Bonchev–Trinajstić information content (AvgIpc) is 2.82. The van der Waals surface area contributed by atoms with Crippen molar-refractivity contribution in [3.05, 3.63) is 59.3 Å². The third-order valence-corrected chi connectivity index (χ3v) is 2.63. The van der Waals surface area contributed by atoms with Gasteiger partial charge in [0.05, 0.1) is 12.9 Å². The van der Waals surface area contributed by atoms with Crippen LogP contribution in [-0.4, -0.2) is 4.99 Å². The van der Waals surface area contributed by atoms with Gasteiger partial charge in [-0.15, -0.1) is 0 Å². The van der Waals surface area contributed by atoms with Crippen LogP contribution in [0.2, 0.25) is 0 Å². The molecular formula is C13H12FNO2S. The van der Waals surface area contributed by atoms with Crippen LogP contribution in [0.1, 0.15) is 16.9 Å². The fourth-order valence-electron chi connectivity index (χ4n) is 1.58. The van der Waals surface area contributed by atoms with E-state index in [1.807, 2.05) is 0 Å². The molecule has 0 amide bonds. The topological polar surface area (TPSA) is 48.4 Å². The highest BCUT2D eigenvalue weighted by atomic mass is 32.1. The third kappa shape index (κ3) is 3.15. The molecule has 0 spiro atoms. The van der Waals surface area contributed by atoms with E-state index in [-0.39, 0.29) is 17.4 Å². The van der Waals surface area contributed by atoms with Crippen LogP contribution in [0.4, 0.5) is 4.39 Å².